The number of carbonyl (C=O) groups excluding carboxylic acids is 1. The van der Waals surface area contributed by atoms with Gasteiger partial charge in [0.05, 0.1) is 18.8 Å². The van der Waals surface area contributed by atoms with Crippen molar-refractivity contribution in [2.24, 2.45) is 0 Å². The lowest BCUT2D eigenvalue weighted by molar-refractivity contribution is -0.137. The van der Waals surface area contributed by atoms with E-state index in [4.69, 9.17) is 10.5 Å². The number of rotatable bonds is 6. The second-order valence-corrected chi connectivity index (χ2v) is 7.29. The van der Waals surface area contributed by atoms with Crippen molar-refractivity contribution in [2.45, 2.75) is 32.6 Å². The number of hydrogen-bond acceptors (Lipinski definition) is 6. The third-order valence-corrected chi connectivity index (χ3v) is 4.99. The number of nitrogens with zero attached hydrogens (tertiary/aromatic N) is 3. The van der Waals surface area contributed by atoms with Gasteiger partial charge in [-0.05, 0) is 24.6 Å². The maximum absolute atomic E-state index is 13.1. The van der Waals surface area contributed by atoms with Gasteiger partial charge < -0.3 is 20.7 Å². The Morgan fingerprint density at radius 1 is 1.19 bits per heavy atom. The minimum absolute atomic E-state index is 0.0123. The molecule has 2 heterocycles. The van der Waals surface area contributed by atoms with Crippen LogP contribution in [-0.4, -0.2) is 41.3 Å². The van der Waals surface area contributed by atoms with Crippen LogP contribution in [0.1, 0.15) is 18.9 Å². The van der Waals surface area contributed by atoms with E-state index < -0.39 is 35.4 Å². The highest BCUT2D eigenvalue weighted by atomic mass is 19.4. The van der Waals surface area contributed by atoms with Gasteiger partial charge in [-0.2, -0.15) is 13.2 Å². The number of nitrogens with one attached hydrogen (secondary N) is 1. The van der Waals surface area contributed by atoms with E-state index in [0.29, 0.717) is 32.7 Å². The van der Waals surface area contributed by atoms with Gasteiger partial charge >= 0.3 is 11.9 Å². The largest absolute Gasteiger partial charge is 0.416 e. The molecule has 0 aliphatic carbocycles. The van der Waals surface area contributed by atoms with E-state index in [9.17, 15) is 27.6 Å². The fourth-order valence-electron chi connectivity index (χ4n) is 3.48. The normalized spacial score (nSPS) is 14.4. The molecule has 2 aromatic rings. The molecule has 0 saturated carbocycles. The fourth-order valence-corrected chi connectivity index (χ4v) is 3.48. The van der Waals surface area contributed by atoms with Crippen LogP contribution in [0.5, 0.6) is 0 Å². The van der Waals surface area contributed by atoms with E-state index in [1.54, 1.807) is 4.90 Å². The summed E-state index contributed by atoms with van der Waals surface area (Å²) >= 11 is 0. The number of benzene rings is 1. The first-order valence-electron chi connectivity index (χ1n) is 10.1. The summed E-state index contributed by atoms with van der Waals surface area (Å²) in [6, 6.07) is 4.09. The molecule has 1 fully saturated rings. The number of anilines is 3. The lowest BCUT2D eigenvalue weighted by atomic mass is 10.2. The molecule has 0 radical (unpaired) electrons. The Morgan fingerprint density at radius 2 is 1.88 bits per heavy atom. The van der Waals surface area contributed by atoms with Crippen LogP contribution in [0, 0.1) is 0 Å². The highest BCUT2D eigenvalue weighted by molar-refractivity contribution is 5.90. The van der Waals surface area contributed by atoms with Gasteiger partial charge in [-0.15, -0.1) is 0 Å². The van der Waals surface area contributed by atoms with E-state index in [0.717, 1.165) is 22.8 Å². The summed E-state index contributed by atoms with van der Waals surface area (Å²) in [5.74, 6) is -0.803. The van der Waals surface area contributed by atoms with Crippen molar-refractivity contribution in [1.29, 1.82) is 0 Å². The fraction of sp³-hybridized carbons (Fsp3) is 0.450. The molecule has 0 spiro atoms. The van der Waals surface area contributed by atoms with Gasteiger partial charge in [-0.3, -0.25) is 14.2 Å². The standard InChI is InChI=1S/C20H24F3N5O4/c1-2-6-27-17(24)16(26-7-9-32-10-8-26)18(30)28(19(27)31)12-15(29)25-14-5-3-4-13(11-14)20(21,22)23/h3-5,11H,2,6-10,12,24H2,1H3,(H,25,29). The number of nitrogens with two attached hydrogens (primary N) is 1. The maximum Gasteiger partial charge on any atom is 0.416 e. The zero-order valence-electron chi connectivity index (χ0n) is 17.4. The van der Waals surface area contributed by atoms with Crippen molar-refractivity contribution in [3.8, 4) is 0 Å². The monoisotopic (exact) mass is 455 g/mol. The Labute approximate surface area is 181 Å². The molecule has 0 unspecified atom stereocenters. The predicted octanol–water partition coefficient (Wildman–Crippen LogP) is 1.50. The highest BCUT2D eigenvalue weighted by Crippen LogP contribution is 2.30. The molecule has 1 aliphatic heterocycles. The lowest BCUT2D eigenvalue weighted by Crippen LogP contribution is -2.48. The van der Waals surface area contributed by atoms with Gasteiger partial charge in [0.25, 0.3) is 5.56 Å². The molecule has 1 amide bonds. The number of amides is 1. The summed E-state index contributed by atoms with van der Waals surface area (Å²) in [6.45, 7) is 2.92. The van der Waals surface area contributed by atoms with Crippen LogP contribution in [0.2, 0.25) is 0 Å². The lowest BCUT2D eigenvalue weighted by Gasteiger charge is -2.30. The first-order chi connectivity index (χ1) is 15.1. The topological polar surface area (TPSA) is 112 Å². The molecule has 1 aliphatic rings. The van der Waals surface area contributed by atoms with Crippen molar-refractivity contribution in [3.63, 3.8) is 0 Å². The van der Waals surface area contributed by atoms with Crippen LogP contribution >= 0.6 is 0 Å². The molecular formula is C20H24F3N5O4. The molecule has 1 saturated heterocycles. The number of ether oxygens (including phenoxy) is 1. The zero-order chi connectivity index (χ0) is 23.5. The van der Waals surface area contributed by atoms with E-state index in [2.05, 4.69) is 5.32 Å². The van der Waals surface area contributed by atoms with E-state index >= 15 is 0 Å². The Hall–Kier alpha value is -3.28. The van der Waals surface area contributed by atoms with Gasteiger partial charge in [0, 0.05) is 25.3 Å². The summed E-state index contributed by atoms with van der Waals surface area (Å²) in [4.78, 5) is 40.2. The summed E-state index contributed by atoms with van der Waals surface area (Å²) in [5.41, 5.74) is 3.72. The third-order valence-electron chi connectivity index (χ3n) is 4.99. The number of alkyl halides is 3. The maximum atomic E-state index is 13.1. The van der Waals surface area contributed by atoms with Crippen molar-refractivity contribution < 1.29 is 22.7 Å². The van der Waals surface area contributed by atoms with Gasteiger partial charge in [0.1, 0.15) is 18.1 Å². The van der Waals surface area contributed by atoms with Crippen LogP contribution in [0.3, 0.4) is 0 Å². The molecule has 174 valence electrons. The second kappa shape index (κ2) is 9.47. The SMILES string of the molecule is CCCn1c(N)c(N2CCOCC2)c(=O)n(CC(=O)Nc2cccc(C(F)(F)F)c2)c1=O. The van der Waals surface area contributed by atoms with Gasteiger partial charge in [0.2, 0.25) is 5.91 Å². The molecule has 12 heteroatoms. The number of hydrogen-bond donors (Lipinski definition) is 2. The van der Waals surface area contributed by atoms with Crippen LogP contribution in [0.25, 0.3) is 0 Å². The Balaban J connectivity index is 1.95. The molecule has 9 nitrogen and oxygen atoms in total. The zero-order valence-corrected chi connectivity index (χ0v) is 17.4. The minimum atomic E-state index is -4.57. The highest BCUT2D eigenvalue weighted by Gasteiger charge is 2.30. The van der Waals surface area contributed by atoms with Gasteiger partial charge in [-0.25, -0.2) is 9.36 Å². The Kier molecular flexibility index (Phi) is 6.92. The predicted molar refractivity (Wildman–Crippen MR) is 113 cm³/mol. The first-order valence-corrected chi connectivity index (χ1v) is 10.1. The quantitative estimate of drug-likeness (QED) is 0.683. The summed E-state index contributed by atoms with van der Waals surface area (Å²) in [5, 5.41) is 2.31. The third kappa shape index (κ3) is 4.96. The smallest absolute Gasteiger partial charge is 0.383 e. The van der Waals surface area contributed by atoms with E-state index in [1.807, 2.05) is 6.92 Å². The molecule has 3 rings (SSSR count). The summed E-state index contributed by atoms with van der Waals surface area (Å²) in [7, 11) is 0. The van der Waals surface area contributed by atoms with Crippen LogP contribution in [0.15, 0.2) is 33.9 Å². The van der Waals surface area contributed by atoms with Crippen LogP contribution in [-0.2, 0) is 28.8 Å². The second-order valence-electron chi connectivity index (χ2n) is 7.29. The molecular weight excluding hydrogens is 431 g/mol. The Morgan fingerprint density at radius 3 is 2.50 bits per heavy atom. The molecule has 1 aromatic carbocycles. The molecule has 1 aromatic heterocycles. The van der Waals surface area contributed by atoms with E-state index in [-0.39, 0.29) is 23.7 Å². The average Bonchev–Trinajstić information content (AvgIpc) is 2.75. The molecule has 0 atom stereocenters. The number of carbonyl (C=O) groups is 1. The van der Waals surface area contributed by atoms with Crippen molar-refractivity contribution in [2.75, 3.05) is 42.3 Å². The first kappa shape index (κ1) is 23.4. The van der Waals surface area contributed by atoms with Crippen LogP contribution in [0.4, 0.5) is 30.4 Å². The summed E-state index contributed by atoms with van der Waals surface area (Å²) in [6.07, 6.45) is -4.02. The van der Waals surface area contributed by atoms with Crippen molar-refractivity contribution in [3.05, 3.63) is 50.7 Å². The van der Waals surface area contributed by atoms with Gasteiger partial charge in [0.15, 0.2) is 0 Å². The molecule has 3 N–H and O–H groups in total. The number of nitrogen functional groups attached to an aromatic ring is 1. The molecule has 32 heavy (non-hydrogen) atoms. The minimum Gasteiger partial charge on any atom is -0.383 e. The van der Waals surface area contributed by atoms with E-state index in [1.165, 1.54) is 10.6 Å². The van der Waals surface area contributed by atoms with Crippen molar-refractivity contribution in [1.82, 2.24) is 9.13 Å². The molecule has 0 bridgehead atoms. The van der Waals surface area contributed by atoms with Crippen molar-refractivity contribution >= 4 is 23.1 Å². The van der Waals surface area contributed by atoms with Crippen LogP contribution < -0.4 is 27.2 Å². The average molecular weight is 455 g/mol. The van der Waals surface area contributed by atoms with Gasteiger partial charge in [-0.1, -0.05) is 13.0 Å². The number of halogens is 3. The summed E-state index contributed by atoms with van der Waals surface area (Å²) < 4.78 is 46.0. The Bertz CT molecular complexity index is 1100. The number of morpholine rings is 1. The number of aromatic nitrogens is 2.